The summed E-state index contributed by atoms with van der Waals surface area (Å²) in [6.07, 6.45) is 5.20. The van der Waals surface area contributed by atoms with E-state index in [1.54, 1.807) is 0 Å². The highest BCUT2D eigenvalue weighted by Crippen LogP contribution is 2.07. The minimum atomic E-state index is -2.45. The topological polar surface area (TPSA) is 101 Å². The van der Waals surface area contributed by atoms with Crippen molar-refractivity contribution in [3.8, 4) is 0 Å². The van der Waals surface area contributed by atoms with E-state index in [4.69, 9.17) is 25.5 Å². The first kappa shape index (κ1) is 19.1. The van der Waals surface area contributed by atoms with Gasteiger partial charge < -0.3 is 25.5 Å². The summed E-state index contributed by atoms with van der Waals surface area (Å²) in [4.78, 5) is 0. The monoisotopic (exact) mass is 252 g/mol. The second-order valence-electron chi connectivity index (χ2n) is 4.21. The lowest BCUT2D eigenvalue weighted by atomic mass is 10.2. The van der Waals surface area contributed by atoms with Gasteiger partial charge in [-0.1, -0.05) is 39.5 Å². The Morgan fingerprint density at radius 2 is 1.29 bits per heavy atom. The highest BCUT2D eigenvalue weighted by Gasteiger charge is 2.15. The molecule has 0 spiro atoms. The van der Waals surface area contributed by atoms with E-state index in [-0.39, 0.29) is 6.42 Å². The van der Waals surface area contributed by atoms with Crippen LogP contribution in [0.5, 0.6) is 0 Å². The maximum absolute atomic E-state index is 8.36. The van der Waals surface area contributed by atoms with Gasteiger partial charge in [0.05, 0.1) is 0 Å². The average Bonchev–Trinajstić information content (AvgIpc) is 2.17. The van der Waals surface area contributed by atoms with E-state index in [9.17, 15) is 0 Å². The Kier molecular flexibility index (Phi) is 13.8. The van der Waals surface area contributed by atoms with Gasteiger partial charge in [-0.25, -0.2) is 0 Å². The molecule has 5 N–H and O–H groups in total. The van der Waals surface area contributed by atoms with Crippen molar-refractivity contribution in [1.82, 2.24) is 0 Å². The lowest BCUT2D eigenvalue weighted by Gasteiger charge is -2.12. The molecule has 0 atom stereocenters. The Balaban J connectivity index is 0. The summed E-state index contributed by atoms with van der Waals surface area (Å²) in [5, 5.41) is 41.7. The average molecular weight is 252 g/mol. The molecule has 17 heavy (non-hydrogen) atoms. The fraction of sp³-hybridized carbons (Fsp3) is 1.00. The molecule has 0 saturated carbocycles. The molecule has 0 rings (SSSR count). The van der Waals surface area contributed by atoms with Crippen LogP contribution < -0.4 is 0 Å². The van der Waals surface area contributed by atoms with E-state index >= 15 is 0 Å². The summed E-state index contributed by atoms with van der Waals surface area (Å²) >= 11 is 0. The van der Waals surface area contributed by atoms with Crippen LogP contribution in [-0.4, -0.2) is 37.8 Å². The van der Waals surface area contributed by atoms with E-state index < -0.39 is 12.3 Å². The summed E-state index contributed by atoms with van der Waals surface area (Å²) in [6, 6.07) is 0. The molecule has 0 aliphatic carbocycles. The molecular formula is C12H28O5. The molecule has 0 bridgehead atoms. The normalized spacial score (nSPS) is 11.3. The van der Waals surface area contributed by atoms with Gasteiger partial charge in [-0.2, -0.15) is 0 Å². The zero-order valence-corrected chi connectivity index (χ0v) is 11.0. The van der Waals surface area contributed by atoms with Crippen molar-refractivity contribution >= 4 is 0 Å². The fourth-order valence-electron chi connectivity index (χ4n) is 1.19. The molecule has 0 aromatic carbocycles. The molecule has 0 amide bonds. The fourth-order valence-corrected chi connectivity index (χ4v) is 1.19. The number of hydrogen-bond donors (Lipinski definition) is 5. The van der Waals surface area contributed by atoms with Gasteiger partial charge in [-0.05, 0) is 19.3 Å². The first-order valence-electron chi connectivity index (χ1n) is 6.36. The molecule has 0 aromatic rings. The summed E-state index contributed by atoms with van der Waals surface area (Å²) < 4.78 is 0. The van der Waals surface area contributed by atoms with Crippen molar-refractivity contribution in [3.05, 3.63) is 0 Å². The van der Waals surface area contributed by atoms with Crippen molar-refractivity contribution in [2.75, 3.05) is 0 Å². The number of unbranched alkanes of at least 4 members (excludes halogenated alkanes) is 4. The highest BCUT2D eigenvalue weighted by atomic mass is 16.7. The third-order valence-electron chi connectivity index (χ3n) is 2.18. The number of aliphatic hydroxyl groups is 5. The van der Waals surface area contributed by atoms with Gasteiger partial charge in [0.15, 0.2) is 6.29 Å². The van der Waals surface area contributed by atoms with Crippen molar-refractivity contribution in [2.45, 2.75) is 77.5 Å². The maximum Gasteiger partial charge on any atom is 0.275 e. The van der Waals surface area contributed by atoms with Crippen LogP contribution in [0.1, 0.15) is 65.2 Å². The van der Waals surface area contributed by atoms with Crippen LogP contribution in [0.25, 0.3) is 0 Å². The predicted molar refractivity (Wildman–Crippen MR) is 65.9 cm³/mol. The van der Waals surface area contributed by atoms with Gasteiger partial charge in [0.25, 0.3) is 5.97 Å². The summed E-state index contributed by atoms with van der Waals surface area (Å²) in [6.45, 7) is 4.09. The van der Waals surface area contributed by atoms with Crippen LogP contribution >= 0.6 is 0 Å². The molecule has 0 aliphatic heterocycles. The first-order valence-corrected chi connectivity index (χ1v) is 6.36. The lowest BCUT2D eigenvalue weighted by Crippen LogP contribution is -2.26. The highest BCUT2D eigenvalue weighted by molar-refractivity contribution is 4.47. The number of hydrogen-bond acceptors (Lipinski definition) is 5. The molecule has 0 heterocycles. The van der Waals surface area contributed by atoms with Crippen LogP contribution in [0.3, 0.4) is 0 Å². The van der Waals surface area contributed by atoms with Gasteiger partial charge >= 0.3 is 0 Å². The SMILES string of the molecule is CCCCCC(O)(O)O.CCCCCC(O)O. The molecule has 5 heteroatoms. The van der Waals surface area contributed by atoms with Crippen molar-refractivity contribution in [2.24, 2.45) is 0 Å². The molecule has 106 valence electrons. The van der Waals surface area contributed by atoms with Crippen LogP contribution in [0, 0.1) is 0 Å². The van der Waals surface area contributed by atoms with Gasteiger partial charge in [-0.15, -0.1) is 0 Å². The van der Waals surface area contributed by atoms with E-state index in [0.717, 1.165) is 32.1 Å². The quantitative estimate of drug-likeness (QED) is 0.329. The van der Waals surface area contributed by atoms with Crippen LogP contribution in [0.2, 0.25) is 0 Å². The summed E-state index contributed by atoms with van der Waals surface area (Å²) in [5.41, 5.74) is 0. The third-order valence-corrected chi connectivity index (χ3v) is 2.18. The smallest absolute Gasteiger partial charge is 0.275 e. The molecule has 0 aromatic heterocycles. The summed E-state index contributed by atoms with van der Waals surface area (Å²) in [5.74, 6) is -2.45. The second kappa shape index (κ2) is 12.3. The Bertz CT molecular complexity index is 142. The lowest BCUT2D eigenvalue weighted by molar-refractivity contribution is -0.314. The predicted octanol–water partition coefficient (Wildman–Crippen LogP) is 1.07. The van der Waals surface area contributed by atoms with Crippen LogP contribution in [0.4, 0.5) is 0 Å². The van der Waals surface area contributed by atoms with Crippen molar-refractivity contribution in [1.29, 1.82) is 0 Å². The molecule has 0 saturated heterocycles. The molecule has 0 radical (unpaired) electrons. The van der Waals surface area contributed by atoms with Gasteiger partial charge in [-0.3, -0.25) is 0 Å². The molecular weight excluding hydrogens is 224 g/mol. The molecule has 0 aliphatic rings. The zero-order chi connectivity index (χ0) is 13.7. The summed E-state index contributed by atoms with van der Waals surface area (Å²) in [7, 11) is 0. The van der Waals surface area contributed by atoms with E-state index in [1.165, 1.54) is 0 Å². The van der Waals surface area contributed by atoms with Gasteiger partial charge in [0, 0.05) is 6.42 Å². The van der Waals surface area contributed by atoms with E-state index in [0.29, 0.717) is 12.8 Å². The molecule has 5 nitrogen and oxygen atoms in total. The maximum atomic E-state index is 8.36. The van der Waals surface area contributed by atoms with Gasteiger partial charge in [0.2, 0.25) is 0 Å². The van der Waals surface area contributed by atoms with Crippen molar-refractivity contribution < 1.29 is 25.5 Å². The molecule has 0 unspecified atom stereocenters. The largest absolute Gasteiger partial charge is 0.368 e. The standard InChI is InChI=1S/C6H14O3.C6H14O2/c1-2-3-4-5-6(7,8)9;1-2-3-4-5-6(7)8/h7-9H,2-5H2,1H3;6-8H,2-5H2,1H3. The van der Waals surface area contributed by atoms with Crippen molar-refractivity contribution in [3.63, 3.8) is 0 Å². The van der Waals surface area contributed by atoms with E-state index in [2.05, 4.69) is 6.92 Å². The number of rotatable bonds is 8. The minimum absolute atomic E-state index is 0.0425. The second-order valence-corrected chi connectivity index (χ2v) is 4.21. The molecule has 0 fully saturated rings. The van der Waals surface area contributed by atoms with Crippen LogP contribution in [0.15, 0.2) is 0 Å². The Morgan fingerprint density at radius 1 is 0.824 bits per heavy atom. The Hall–Kier alpha value is -0.200. The minimum Gasteiger partial charge on any atom is -0.368 e. The zero-order valence-electron chi connectivity index (χ0n) is 11.0. The van der Waals surface area contributed by atoms with Crippen LogP contribution in [-0.2, 0) is 0 Å². The number of aliphatic hydroxyl groups excluding tert-OH is 1. The van der Waals surface area contributed by atoms with E-state index in [1.807, 2.05) is 6.92 Å². The Morgan fingerprint density at radius 3 is 1.65 bits per heavy atom. The first-order chi connectivity index (χ1) is 7.83. The third kappa shape index (κ3) is 25.8. The van der Waals surface area contributed by atoms with Gasteiger partial charge in [0.1, 0.15) is 0 Å². The Labute approximate surface area is 104 Å².